The van der Waals surface area contributed by atoms with Crippen LogP contribution >= 0.6 is 0 Å². The van der Waals surface area contributed by atoms with Crippen molar-refractivity contribution < 1.29 is 0 Å². The van der Waals surface area contributed by atoms with Gasteiger partial charge in [0.2, 0.25) is 0 Å². The van der Waals surface area contributed by atoms with E-state index in [0.29, 0.717) is 0 Å². The van der Waals surface area contributed by atoms with Gasteiger partial charge in [0, 0.05) is 0 Å². The molecule has 0 aromatic heterocycles. The van der Waals surface area contributed by atoms with E-state index in [1.807, 2.05) is 0 Å². The van der Waals surface area contributed by atoms with E-state index in [9.17, 15) is 0 Å². The summed E-state index contributed by atoms with van der Waals surface area (Å²) in [7, 11) is 0. The van der Waals surface area contributed by atoms with Crippen molar-refractivity contribution in [3.05, 3.63) is 227 Å². The zero-order valence-corrected chi connectivity index (χ0v) is 28.5. The summed E-state index contributed by atoms with van der Waals surface area (Å²) in [4.78, 5) is 0. The Morgan fingerprint density at radius 1 is 0.154 bits per heavy atom. The van der Waals surface area contributed by atoms with Gasteiger partial charge < -0.3 is 0 Å². The van der Waals surface area contributed by atoms with Gasteiger partial charge in [-0.1, -0.05) is 194 Å². The van der Waals surface area contributed by atoms with Crippen LogP contribution < -0.4 is 10.4 Å². The molecule has 0 nitrogen and oxygen atoms in total. The van der Waals surface area contributed by atoms with Crippen molar-refractivity contribution >= 4 is 32.7 Å². The van der Waals surface area contributed by atoms with Gasteiger partial charge in [-0.3, -0.25) is 0 Å². The van der Waals surface area contributed by atoms with Gasteiger partial charge in [-0.15, -0.1) is 0 Å². The molecule has 0 radical (unpaired) electrons. The van der Waals surface area contributed by atoms with Gasteiger partial charge in [0.1, 0.15) is 0 Å². The Hall–Kier alpha value is -6.76. The van der Waals surface area contributed by atoms with Gasteiger partial charge in [0.15, 0.2) is 0 Å². The van der Waals surface area contributed by atoms with Crippen LogP contribution in [0.25, 0.3) is 77.2 Å². The normalized spacial score (nSPS) is 12.5. The van der Waals surface area contributed by atoms with Crippen molar-refractivity contribution in [1.29, 1.82) is 0 Å². The second-order valence-corrected chi connectivity index (χ2v) is 13.9. The van der Waals surface area contributed by atoms with Crippen LogP contribution in [0.5, 0.6) is 0 Å². The SMILES string of the molecule is c1ccc2c(c1)C(=c1c3ccccc3c(=C3c4ccccc4-c4ccccc4-c4ccccc43)c3ccccc13)c1ccccc1-c1ccccc1-2. The lowest BCUT2D eigenvalue weighted by Crippen LogP contribution is -2.21. The molecular formula is C52H32. The summed E-state index contributed by atoms with van der Waals surface area (Å²) in [6, 6.07) is 72.0. The number of rotatable bonds is 0. The highest BCUT2D eigenvalue weighted by Crippen LogP contribution is 2.46. The van der Waals surface area contributed by atoms with Gasteiger partial charge in [-0.05, 0) is 110 Å². The molecule has 2 aliphatic carbocycles. The molecule has 0 fully saturated rings. The first-order chi connectivity index (χ1) is 25.9. The summed E-state index contributed by atoms with van der Waals surface area (Å²) < 4.78 is 0. The largest absolute Gasteiger partial charge is 0.0616 e. The third-order valence-corrected chi connectivity index (χ3v) is 11.2. The third kappa shape index (κ3) is 4.10. The number of fused-ring (bicyclic) bond motifs is 12. The summed E-state index contributed by atoms with van der Waals surface area (Å²) in [6.45, 7) is 0. The van der Waals surface area contributed by atoms with Crippen molar-refractivity contribution in [3.63, 3.8) is 0 Å². The average Bonchev–Trinajstić information content (AvgIpc) is 3.42. The van der Waals surface area contributed by atoms with Crippen molar-refractivity contribution in [3.8, 4) is 44.5 Å². The third-order valence-electron chi connectivity index (χ3n) is 11.2. The van der Waals surface area contributed by atoms with Crippen molar-refractivity contribution in [2.75, 3.05) is 0 Å². The molecule has 0 heteroatoms. The van der Waals surface area contributed by atoms with Crippen molar-refractivity contribution in [1.82, 2.24) is 0 Å². The van der Waals surface area contributed by atoms with Crippen LogP contribution in [0.15, 0.2) is 194 Å². The van der Waals surface area contributed by atoms with Gasteiger partial charge in [-0.25, -0.2) is 0 Å². The van der Waals surface area contributed by atoms with Crippen LogP contribution in [0.1, 0.15) is 22.3 Å². The van der Waals surface area contributed by atoms with E-state index in [-0.39, 0.29) is 0 Å². The van der Waals surface area contributed by atoms with Crippen LogP contribution in [0.3, 0.4) is 0 Å². The van der Waals surface area contributed by atoms with Crippen LogP contribution in [-0.4, -0.2) is 0 Å². The van der Waals surface area contributed by atoms with E-state index < -0.39 is 0 Å². The quantitative estimate of drug-likeness (QED) is 0.143. The lowest BCUT2D eigenvalue weighted by molar-refractivity contribution is 1.52. The predicted molar refractivity (Wildman–Crippen MR) is 219 cm³/mol. The number of hydrogen-bond acceptors (Lipinski definition) is 0. The number of benzene rings is 9. The Labute approximate surface area is 302 Å². The smallest absolute Gasteiger partial charge is 0.00139 e. The molecule has 0 bridgehead atoms. The lowest BCUT2D eigenvalue weighted by Gasteiger charge is -2.19. The minimum Gasteiger partial charge on any atom is -0.0616 e. The molecule has 0 spiro atoms. The molecule has 0 amide bonds. The summed E-state index contributed by atoms with van der Waals surface area (Å²) in [5, 5.41) is 7.58. The molecule has 9 aromatic carbocycles. The Bertz CT molecular complexity index is 2660. The van der Waals surface area contributed by atoms with Crippen molar-refractivity contribution in [2.24, 2.45) is 0 Å². The summed E-state index contributed by atoms with van der Waals surface area (Å²) in [5.41, 5.74) is 17.7. The second kappa shape index (κ2) is 11.4. The van der Waals surface area contributed by atoms with Gasteiger partial charge in [0.05, 0.1) is 0 Å². The Morgan fingerprint density at radius 2 is 0.308 bits per heavy atom. The van der Waals surface area contributed by atoms with Crippen LogP contribution in [-0.2, 0) is 0 Å². The van der Waals surface area contributed by atoms with Gasteiger partial charge in [-0.2, -0.15) is 0 Å². The maximum Gasteiger partial charge on any atom is -0.00139 e. The fourth-order valence-electron chi connectivity index (χ4n) is 9.15. The highest BCUT2D eigenvalue weighted by atomic mass is 14.3. The van der Waals surface area contributed by atoms with Gasteiger partial charge in [0.25, 0.3) is 0 Å². The fourth-order valence-corrected chi connectivity index (χ4v) is 9.15. The molecule has 0 N–H and O–H groups in total. The predicted octanol–water partition coefficient (Wildman–Crippen LogP) is 11.8. The molecule has 9 aromatic rings. The summed E-state index contributed by atoms with van der Waals surface area (Å²) >= 11 is 0. The Balaban J connectivity index is 1.43. The zero-order valence-electron chi connectivity index (χ0n) is 28.5. The minimum atomic E-state index is 1.26. The molecule has 0 saturated heterocycles. The van der Waals surface area contributed by atoms with Crippen LogP contribution in [0.4, 0.5) is 0 Å². The van der Waals surface area contributed by atoms with E-state index in [0.717, 1.165) is 0 Å². The fraction of sp³-hybridized carbons (Fsp3) is 0. The van der Waals surface area contributed by atoms with Crippen LogP contribution in [0, 0.1) is 0 Å². The molecule has 0 unspecified atom stereocenters. The second-order valence-electron chi connectivity index (χ2n) is 13.9. The monoisotopic (exact) mass is 656 g/mol. The first-order valence-corrected chi connectivity index (χ1v) is 18.1. The molecule has 0 atom stereocenters. The molecule has 52 heavy (non-hydrogen) atoms. The van der Waals surface area contributed by atoms with Crippen molar-refractivity contribution in [2.45, 2.75) is 0 Å². The topological polar surface area (TPSA) is 0 Å². The highest BCUT2D eigenvalue weighted by Gasteiger charge is 2.27. The van der Waals surface area contributed by atoms with Crippen LogP contribution in [0.2, 0.25) is 0 Å². The first-order valence-electron chi connectivity index (χ1n) is 18.1. The van der Waals surface area contributed by atoms with E-state index in [1.165, 1.54) is 110 Å². The molecule has 0 aliphatic heterocycles. The summed E-state index contributed by atoms with van der Waals surface area (Å²) in [6.07, 6.45) is 0. The maximum absolute atomic E-state index is 2.35. The molecular weight excluding hydrogens is 625 g/mol. The molecule has 0 heterocycles. The molecule has 240 valence electrons. The highest BCUT2D eigenvalue weighted by molar-refractivity contribution is 6.12. The first kappa shape index (κ1) is 29.0. The van der Waals surface area contributed by atoms with E-state index in [4.69, 9.17) is 0 Å². The lowest BCUT2D eigenvalue weighted by atomic mass is 9.84. The number of hydrogen-bond donors (Lipinski definition) is 0. The van der Waals surface area contributed by atoms with E-state index in [2.05, 4.69) is 194 Å². The summed E-state index contributed by atoms with van der Waals surface area (Å²) in [5.74, 6) is 0. The molecule has 2 aliphatic rings. The van der Waals surface area contributed by atoms with E-state index >= 15 is 0 Å². The average molecular weight is 657 g/mol. The zero-order chi connectivity index (χ0) is 34.2. The Morgan fingerprint density at radius 3 is 0.519 bits per heavy atom. The maximum atomic E-state index is 2.35. The van der Waals surface area contributed by atoms with E-state index in [1.54, 1.807) is 0 Å². The molecule has 0 saturated carbocycles. The molecule has 11 rings (SSSR count). The standard InChI is InChI=1S/C52H32/c1-2-18-34-33(17-1)37-21-5-9-25-41(37)49(42-26-10-6-22-38(34)42)51-45-29-13-15-31-47(45)52(48-32-16-14-30-46(48)51)50-43-27-11-7-23-39(43)35-19-3-4-20-36(35)40-24-8-12-28-44(40)50/h1-32H. The Kier molecular flexibility index (Phi) is 6.35. The van der Waals surface area contributed by atoms with Gasteiger partial charge >= 0.3 is 0 Å². The minimum absolute atomic E-state index is 1.26.